The van der Waals surface area contributed by atoms with Gasteiger partial charge in [-0.25, -0.2) is 4.98 Å². The molecule has 8 heteroatoms. The molecule has 6 nitrogen and oxygen atoms in total. The molecule has 0 unspecified atom stereocenters. The number of guanidine groups is 1. The van der Waals surface area contributed by atoms with Crippen molar-refractivity contribution in [2.45, 2.75) is 5.16 Å². The molecule has 2 rings (SSSR count). The summed E-state index contributed by atoms with van der Waals surface area (Å²) >= 11 is 1.55. The summed E-state index contributed by atoms with van der Waals surface area (Å²) in [5.41, 5.74) is 7.64. The summed E-state index contributed by atoms with van der Waals surface area (Å²) in [6, 6.07) is 5.32. The molecule has 0 atom stereocenters. The lowest BCUT2D eigenvalue weighted by molar-refractivity contribution is -0.106. The zero-order valence-corrected chi connectivity index (χ0v) is 12.1. The van der Waals surface area contributed by atoms with E-state index in [1.54, 1.807) is 23.9 Å². The predicted octanol–water partition coefficient (Wildman–Crippen LogP) is 1.57. The molecule has 3 N–H and O–H groups in total. The van der Waals surface area contributed by atoms with Crippen molar-refractivity contribution in [3.63, 3.8) is 0 Å². The number of aromatic nitrogens is 2. The molecule has 0 bridgehead atoms. The highest BCUT2D eigenvalue weighted by atomic mass is 35.5. The van der Waals surface area contributed by atoms with Gasteiger partial charge in [-0.15, -0.1) is 12.4 Å². The van der Waals surface area contributed by atoms with Crippen LogP contribution in [0.2, 0.25) is 0 Å². The van der Waals surface area contributed by atoms with Gasteiger partial charge < -0.3 is 10.3 Å². The van der Waals surface area contributed by atoms with Crippen molar-refractivity contribution >= 4 is 53.3 Å². The van der Waals surface area contributed by atoms with Crippen LogP contribution in [0.1, 0.15) is 0 Å². The summed E-state index contributed by atoms with van der Waals surface area (Å²) in [5.74, 6) is -0.309. The third kappa shape index (κ3) is 2.66. The first-order valence-electron chi connectivity index (χ1n) is 5.17. The topological polar surface area (TPSA) is 88.0 Å². The Bertz CT molecular complexity index is 627. The number of thioether (sulfide) groups is 1. The second-order valence-electron chi connectivity index (χ2n) is 3.69. The van der Waals surface area contributed by atoms with Gasteiger partial charge in [0.2, 0.25) is 6.41 Å². The van der Waals surface area contributed by atoms with Gasteiger partial charge in [0.1, 0.15) is 0 Å². The van der Waals surface area contributed by atoms with Gasteiger partial charge in [-0.2, -0.15) is 0 Å². The van der Waals surface area contributed by atoms with Crippen LogP contribution in [-0.2, 0) is 11.8 Å². The Hall–Kier alpha value is -1.73. The molecular formula is C11H14ClN5OS. The maximum absolute atomic E-state index is 10.9. The number of aryl methyl sites for hydroxylation is 1. The summed E-state index contributed by atoms with van der Waals surface area (Å²) in [7, 11) is 1.91. The number of carbonyl (C=O) groups excluding carboxylic acids is 1. The smallest absolute Gasteiger partial charge is 0.221 e. The van der Waals surface area contributed by atoms with Crippen molar-refractivity contribution in [1.29, 1.82) is 5.41 Å². The van der Waals surface area contributed by atoms with E-state index in [2.05, 4.69) is 4.98 Å². The van der Waals surface area contributed by atoms with Crippen LogP contribution < -0.4 is 10.6 Å². The Morgan fingerprint density at radius 3 is 2.79 bits per heavy atom. The fourth-order valence-electron chi connectivity index (χ4n) is 1.75. The average molecular weight is 300 g/mol. The SMILES string of the molecule is CSc1nc2ccc(N(C=O)C(=N)N)cc2n1C.Cl. The summed E-state index contributed by atoms with van der Waals surface area (Å²) in [5, 5.41) is 8.23. The average Bonchev–Trinajstić information content (AvgIpc) is 2.67. The van der Waals surface area contributed by atoms with E-state index in [0.29, 0.717) is 12.1 Å². The minimum Gasteiger partial charge on any atom is -0.369 e. The second-order valence-corrected chi connectivity index (χ2v) is 4.46. The number of nitrogens with zero attached hydrogens (tertiary/aromatic N) is 3. The summed E-state index contributed by atoms with van der Waals surface area (Å²) in [4.78, 5) is 16.4. The molecule has 0 saturated heterocycles. The van der Waals surface area contributed by atoms with Crippen molar-refractivity contribution in [3.8, 4) is 0 Å². The van der Waals surface area contributed by atoms with Crippen LogP contribution in [0.25, 0.3) is 11.0 Å². The lowest BCUT2D eigenvalue weighted by atomic mass is 10.2. The lowest BCUT2D eigenvalue weighted by Crippen LogP contribution is -2.35. The van der Waals surface area contributed by atoms with Crippen molar-refractivity contribution in [3.05, 3.63) is 18.2 Å². The molecular weight excluding hydrogens is 286 g/mol. The first kappa shape index (κ1) is 15.3. The van der Waals surface area contributed by atoms with Gasteiger partial charge in [-0.1, -0.05) is 11.8 Å². The fraction of sp³-hybridized carbons (Fsp3) is 0.182. The highest BCUT2D eigenvalue weighted by Gasteiger charge is 2.12. The number of halogens is 1. The number of hydrogen-bond donors (Lipinski definition) is 2. The van der Waals surface area contributed by atoms with Gasteiger partial charge in [-0.05, 0) is 24.5 Å². The van der Waals surface area contributed by atoms with Gasteiger partial charge in [0.15, 0.2) is 11.1 Å². The van der Waals surface area contributed by atoms with Crippen molar-refractivity contribution in [1.82, 2.24) is 9.55 Å². The Kier molecular flexibility index (Phi) is 4.79. The van der Waals surface area contributed by atoms with Gasteiger partial charge in [0.05, 0.1) is 16.7 Å². The molecule has 0 aliphatic heterocycles. The third-order valence-electron chi connectivity index (χ3n) is 2.65. The monoisotopic (exact) mass is 299 g/mol. The molecule has 1 aromatic heterocycles. The normalized spacial score (nSPS) is 10.0. The van der Waals surface area contributed by atoms with Gasteiger partial charge in [0, 0.05) is 7.05 Å². The summed E-state index contributed by atoms with van der Waals surface area (Å²) < 4.78 is 1.94. The predicted molar refractivity (Wildman–Crippen MR) is 80.2 cm³/mol. The molecule has 0 spiro atoms. The third-order valence-corrected chi connectivity index (χ3v) is 3.38. The number of carbonyl (C=O) groups is 1. The van der Waals surface area contributed by atoms with E-state index in [1.165, 1.54) is 0 Å². The van der Waals surface area contributed by atoms with E-state index in [9.17, 15) is 4.79 Å². The zero-order valence-electron chi connectivity index (χ0n) is 10.5. The zero-order chi connectivity index (χ0) is 13.3. The van der Waals surface area contributed by atoms with Gasteiger partial charge in [0.25, 0.3) is 0 Å². The Balaban J connectivity index is 0.00000180. The van der Waals surface area contributed by atoms with E-state index in [1.807, 2.05) is 23.9 Å². The molecule has 102 valence electrons. The number of anilines is 1. The first-order chi connectivity index (χ1) is 8.58. The standard InChI is InChI=1S/C11H13N5OS.ClH/c1-15-9-5-7(16(6-17)10(12)13)3-4-8(9)14-11(15)18-2;/h3-6H,1-2H3,(H3,12,13);1H. The second kappa shape index (κ2) is 5.94. The van der Waals surface area contributed by atoms with Crippen LogP contribution in [0.15, 0.2) is 23.4 Å². The number of rotatable bonds is 3. The number of imidazole rings is 1. The number of nitrogens with one attached hydrogen (secondary N) is 1. The molecule has 1 amide bonds. The van der Waals surface area contributed by atoms with Crippen LogP contribution in [-0.4, -0.2) is 28.2 Å². The highest BCUT2D eigenvalue weighted by Crippen LogP contribution is 2.25. The molecule has 0 aliphatic carbocycles. The number of amides is 1. The van der Waals surface area contributed by atoms with Crippen LogP contribution in [0.5, 0.6) is 0 Å². The molecule has 0 aliphatic rings. The van der Waals surface area contributed by atoms with Crippen LogP contribution in [0, 0.1) is 5.41 Å². The number of nitrogens with two attached hydrogens (primary N) is 1. The summed E-state index contributed by atoms with van der Waals surface area (Å²) in [6.45, 7) is 0. The lowest BCUT2D eigenvalue weighted by Gasteiger charge is -2.14. The number of benzene rings is 1. The number of fused-ring (bicyclic) bond motifs is 1. The Labute approximate surface area is 120 Å². The van der Waals surface area contributed by atoms with E-state index in [0.717, 1.165) is 21.1 Å². The van der Waals surface area contributed by atoms with E-state index in [-0.39, 0.29) is 18.4 Å². The Morgan fingerprint density at radius 2 is 2.26 bits per heavy atom. The summed E-state index contributed by atoms with van der Waals surface area (Å²) in [6.07, 6.45) is 2.48. The van der Waals surface area contributed by atoms with Gasteiger partial charge in [-0.3, -0.25) is 15.1 Å². The van der Waals surface area contributed by atoms with Crippen LogP contribution in [0.3, 0.4) is 0 Å². The van der Waals surface area contributed by atoms with Crippen molar-refractivity contribution in [2.75, 3.05) is 11.2 Å². The van der Waals surface area contributed by atoms with E-state index in [4.69, 9.17) is 11.1 Å². The maximum Gasteiger partial charge on any atom is 0.221 e. The molecule has 19 heavy (non-hydrogen) atoms. The van der Waals surface area contributed by atoms with Crippen molar-refractivity contribution < 1.29 is 4.79 Å². The van der Waals surface area contributed by atoms with E-state index < -0.39 is 0 Å². The molecule has 1 aromatic carbocycles. The minimum atomic E-state index is -0.309. The van der Waals surface area contributed by atoms with Crippen LogP contribution in [0.4, 0.5) is 5.69 Å². The first-order valence-corrected chi connectivity index (χ1v) is 6.40. The Morgan fingerprint density at radius 1 is 1.58 bits per heavy atom. The molecule has 0 radical (unpaired) electrons. The van der Waals surface area contributed by atoms with Gasteiger partial charge >= 0.3 is 0 Å². The quantitative estimate of drug-likeness (QED) is 0.390. The highest BCUT2D eigenvalue weighted by molar-refractivity contribution is 7.98. The fourth-order valence-corrected chi connectivity index (χ4v) is 2.31. The molecule has 1 heterocycles. The molecule has 2 aromatic rings. The largest absolute Gasteiger partial charge is 0.369 e. The minimum absolute atomic E-state index is 0. The molecule has 0 fully saturated rings. The van der Waals surface area contributed by atoms with E-state index >= 15 is 0 Å². The van der Waals surface area contributed by atoms with Crippen LogP contribution >= 0.6 is 24.2 Å². The maximum atomic E-state index is 10.9. The number of hydrogen-bond acceptors (Lipinski definition) is 4. The molecule has 0 saturated carbocycles. The van der Waals surface area contributed by atoms with Crippen molar-refractivity contribution in [2.24, 2.45) is 12.8 Å².